The van der Waals surface area contributed by atoms with Gasteiger partial charge in [-0.05, 0) is 25.1 Å². The molecule has 0 bridgehead atoms. The van der Waals surface area contributed by atoms with Gasteiger partial charge in [-0.25, -0.2) is 0 Å². The van der Waals surface area contributed by atoms with Crippen molar-refractivity contribution in [3.05, 3.63) is 24.4 Å². The van der Waals surface area contributed by atoms with Crippen LogP contribution in [0.25, 0.3) is 10.9 Å². The number of benzene rings is 1. The van der Waals surface area contributed by atoms with E-state index in [4.69, 9.17) is 0 Å². The second-order valence-corrected chi connectivity index (χ2v) is 3.11. The zero-order chi connectivity index (χ0) is 9.26. The first-order valence-electron chi connectivity index (χ1n) is 4.47. The molecule has 0 atom stereocenters. The third kappa shape index (κ3) is 1.49. The van der Waals surface area contributed by atoms with E-state index >= 15 is 0 Å². The van der Waals surface area contributed by atoms with Crippen molar-refractivity contribution in [3.8, 4) is 0 Å². The molecule has 0 aliphatic carbocycles. The Labute approximate surface area is 77.4 Å². The van der Waals surface area contributed by atoms with Crippen molar-refractivity contribution in [2.24, 2.45) is 7.05 Å². The molecule has 1 heterocycles. The van der Waals surface area contributed by atoms with Crippen LogP contribution >= 0.6 is 0 Å². The second-order valence-electron chi connectivity index (χ2n) is 3.11. The first kappa shape index (κ1) is 8.10. The van der Waals surface area contributed by atoms with Crippen molar-refractivity contribution in [2.75, 3.05) is 11.9 Å². The lowest BCUT2D eigenvalue weighted by Crippen LogP contribution is -1.95. The van der Waals surface area contributed by atoms with E-state index in [1.807, 2.05) is 24.0 Å². The van der Waals surface area contributed by atoms with Crippen molar-refractivity contribution in [1.82, 2.24) is 9.78 Å². The van der Waals surface area contributed by atoms with E-state index < -0.39 is 0 Å². The van der Waals surface area contributed by atoms with Gasteiger partial charge in [-0.2, -0.15) is 5.10 Å². The minimum Gasteiger partial charge on any atom is -0.385 e. The van der Waals surface area contributed by atoms with E-state index in [9.17, 15) is 0 Å². The number of anilines is 1. The maximum absolute atomic E-state index is 4.30. The Balaban J connectivity index is 2.48. The lowest BCUT2D eigenvalue weighted by molar-refractivity contribution is 0.780. The molecule has 0 amide bonds. The molecule has 13 heavy (non-hydrogen) atoms. The topological polar surface area (TPSA) is 29.9 Å². The van der Waals surface area contributed by atoms with E-state index in [2.05, 4.69) is 29.5 Å². The molecule has 2 aromatic rings. The van der Waals surface area contributed by atoms with Gasteiger partial charge < -0.3 is 5.32 Å². The van der Waals surface area contributed by atoms with E-state index in [1.54, 1.807) is 0 Å². The van der Waals surface area contributed by atoms with Gasteiger partial charge in [-0.3, -0.25) is 4.68 Å². The van der Waals surface area contributed by atoms with Crippen LogP contribution in [0.1, 0.15) is 6.92 Å². The number of fused-ring (bicyclic) bond motifs is 1. The van der Waals surface area contributed by atoms with Crippen molar-refractivity contribution in [1.29, 1.82) is 0 Å². The fraction of sp³-hybridized carbons (Fsp3) is 0.300. The van der Waals surface area contributed by atoms with Gasteiger partial charge in [-0.1, -0.05) is 0 Å². The van der Waals surface area contributed by atoms with E-state index in [0.29, 0.717) is 0 Å². The fourth-order valence-corrected chi connectivity index (χ4v) is 1.46. The van der Waals surface area contributed by atoms with Gasteiger partial charge in [0.1, 0.15) is 0 Å². The zero-order valence-corrected chi connectivity index (χ0v) is 7.91. The average molecular weight is 175 g/mol. The normalized spacial score (nSPS) is 10.6. The van der Waals surface area contributed by atoms with Gasteiger partial charge in [0.25, 0.3) is 0 Å². The fourth-order valence-electron chi connectivity index (χ4n) is 1.46. The Hall–Kier alpha value is -1.51. The highest BCUT2D eigenvalue weighted by atomic mass is 15.2. The number of aromatic nitrogens is 2. The van der Waals surface area contributed by atoms with Crippen LogP contribution in [-0.2, 0) is 7.05 Å². The van der Waals surface area contributed by atoms with Gasteiger partial charge in [-0.15, -0.1) is 0 Å². The predicted molar refractivity (Wildman–Crippen MR) is 54.9 cm³/mol. The third-order valence-corrected chi connectivity index (χ3v) is 2.00. The van der Waals surface area contributed by atoms with Crippen molar-refractivity contribution in [2.45, 2.75) is 6.92 Å². The summed E-state index contributed by atoms with van der Waals surface area (Å²) in [5.74, 6) is 0. The molecule has 2 rings (SSSR count). The monoisotopic (exact) mass is 175 g/mol. The second kappa shape index (κ2) is 3.09. The van der Waals surface area contributed by atoms with Crippen LogP contribution in [-0.4, -0.2) is 16.3 Å². The zero-order valence-electron chi connectivity index (χ0n) is 7.91. The Morgan fingerprint density at radius 1 is 1.46 bits per heavy atom. The molecule has 0 aliphatic heterocycles. The summed E-state index contributed by atoms with van der Waals surface area (Å²) >= 11 is 0. The van der Waals surface area contributed by atoms with Crippen LogP contribution in [0.4, 0.5) is 5.69 Å². The lowest BCUT2D eigenvalue weighted by Gasteiger charge is -2.00. The van der Waals surface area contributed by atoms with Crippen molar-refractivity contribution in [3.63, 3.8) is 0 Å². The molecule has 0 spiro atoms. The highest BCUT2D eigenvalue weighted by Gasteiger charge is 1.98. The molecule has 0 saturated heterocycles. The molecule has 1 aromatic carbocycles. The minimum absolute atomic E-state index is 0.950. The van der Waals surface area contributed by atoms with Crippen LogP contribution < -0.4 is 5.32 Å². The number of rotatable bonds is 2. The first-order chi connectivity index (χ1) is 6.29. The number of nitrogens with one attached hydrogen (secondary N) is 1. The van der Waals surface area contributed by atoms with Crippen LogP contribution in [0.2, 0.25) is 0 Å². The molecule has 0 saturated carbocycles. The summed E-state index contributed by atoms with van der Waals surface area (Å²) in [6, 6.07) is 6.21. The number of nitrogens with zero attached hydrogens (tertiary/aromatic N) is 2. The maximum atomic E-state index is 4.30. The van der Waals surface area contributed by atoms with Gasteiger partial charge in [0.05, 0.1) is 5.52 Å². The molecule has 1 aromatic heterocycles. The Bertz CT molecular complexity index is 417. The molecule has 0 radical (unpaired) electrons. The molecule has 1 N–H and O–H groups in total. The number of aryl methyl sites for hydroxylation is 1. The Kier molecular flexibility index (Phi) is 1.93. The van der Waals surface area contributed by atoms with E-state index in [0.717, 1.165) is 17.7 Å². The third-order valence-electron chi connectivity index (χ3n) is 2.00. The summed E-state index contributed by atoms with van der Waals surface area (Å²) in [5.41, 5.74) is 2.20. The highest BCUT2D eigenvalue weighted by Crippen LogP contribution is 2.17. The maximum Gasteiger partial charge on any atom is 0.0924 e. The molecular formula is C10H13N3. The quantitative estimate of drug-likeness (QED) is 0.756. The first-order valence-corrected chi connectivity index (χ1v) is 4.47. The lowest BCUT2D eigenvalue weighted by atomic mass is 10.2. The Morgan fingerprint density at radius 2 is 2.31 bits per heavy atom. The standard InChI is InChI=1S/C10H13N3/c1-3-11-9-4-5-10-8(6-9)7-13(2)12-10/h4-7,11H,3H2,1-2H3. The Morgan fingerprint density at radius 3 is 3.08 bits per heavy atom. The van der Waals surface area contributed by atoms with E-state index in [1.165, 1.54) is 5.39 Å². The molecular weight excluding hydrogens is 162 g/mol. The van der Waals surface area contributed by atoms with Crippen LogP contribution in [0.5, 0.6) is 0 Å². The van der Waals surface area contributed by atoms with Crippen LogP contribution in [0.3, 0.4) is 0 Å². The average Bonchev–Trinajstić information content (AvgIpc) is 2.44. The summed E-state index contributed by atoms with van der Waals surface area (Å²) in [7, 11) is 1.94. The predicted octanol–water partition coefficient (Wildman–Crippen LogP) is 2.01. The smallest absolute Gasteiger partial charge is 0.0924 e. The van der Waals surface area contributed by atoms with Crippen molar-refractivity contribution < 1.29 is 0 Å². The molecule has 0 fully saturated rings. The summed E-state index contributed by atoms with van der Waals surface area (Å²) in [5, 5.41) is 8.76. The summed E-state index contributed by atoms with van der Waals surface area (Å²) < 4.78 is 1.83. The van der Waals surface area contributed by atoms with Crippen LogP contribution in [0.15, 0.2) is 24.4 Å². The molecule has 3 nitrogen and oxygen atoms in total. The van der Waals surface area contributed by atoms with Crippen molar-refractivity contribution >= 4 is 16.6 Å². The largest absolute Gasteiger partial charge is 0.385 e. The number of hydrogen-bond acceptors (Lipinski definition) is 2. The minimum atomic E-state index is 0.950. The summed E-state index contributed by atoms with van der Waals surface area (Å²) in [4.78, 5) is 0. The molecule has 68 valence electrons. The van der Waals surface area contributed by atoms with Gasteiger partial charge in [0.15, 0.2) is 0 Å². The summed E-state index contributed by atoms with van der Waals surface area (Å²) in [6.45, 7) is 3.04. The molecule has 0 unspecified atom stereocenters. The summed E-state index contributed by atoms with van der Waals surface area (Å²) in [6.07, 6.45) is 2.02. The van der Waals surface area contributed by atoms with Crippen LogP contribution in [0, 0.1) is 0 Å². The van der Waals surface area contributed by atoms with E-state index in [-0.39, 0.29) is 0 Å². The SMILES string of the molecule is CCNc1ccc2nn(C)cc2c1. The highest BCUT2D eigenvalue weighted by molar-refractivity contribution is 5.81. The number of hydrogen-bond donors (Lipinski definition) is 1. The van der Waals surface area contributed by atoms with Gasteiger partial charge in [0, 0.05) is 30.9 Å². The molecule has 3 heteroatoms. The van der Waals surface area contributed by atoms with Gasteiger partial charge in [0.2, 0.25) is 0 Å². The molecule has 0 aliphatic rings. The van der Waals surface area contributed by atoms with Gasteiger partial charge >= 0.3 is 0 Å².